The Morgan fingerprint density at radius 1 is 0.941 bits per heavy atom. The second-order valence-electron chi connectivity index (χ2n) is 8.16. The Hall–Kier alpha value is -2.25. The van der Waals surface area contributed by atoms with Crippen LogP contribution in [0, 0.1) is 6.92 Å². The van der Waals surface area contributed by atoms with E-state index in [0.29, 0.717) is 22.9 Å². The molecule has 0 bridgehead atoms. The van der Waals surface area contributed by atoms with Crippen molar-refractivity contribution in [1.82, 2.24) is 0 Å². The van der Waals surface area contributed by atoms with Crippen molar-refractivity contribution in [2.24, 2.45) is 4.40 Å². The second kappa shape index (κ2) is 14.2. The minimum absolute atomic E-state index is 0.0573. The molecule has 2 rings (SSSR count). The first kappa shape index (κ1) is 28.0. The first-order valence-corrected chi connectivity index (χ1v) is 14.0. The number of sulfonamides is 1. The Labute approximate surface area is 212 Å². The molecule has 0 aliphatic rings. The molecule has 0 amide bonds. The molecule has 0 aromatic heterocycles. The van der Waals surface area contributed by atoms with Crippen molar-refractivity contribution in [2.75, 3.05) is 6.61 Å². The summed E-state index contributed by atoms with van der Waals surface area (Å²) < 4.78 is 36.2. The van der Waals surface area contributed by atoms with E-state index in [4.69, 9.17) is 4.74 Å². The van der Waals surface area contributed by atoms with Crippen LogP contribution in [0.4, 0.5) is 0 Å². The quantitative estimate of drug-likeness (QED) is 0.118. The number of halogens is 1. The Kier molecular flexibility index (Phi) is 11.7. The zero-order valence-electron chi connectivity index (χ0n) is 20.2. The number of nitrogens with zero attached hydrogens (tertiary/aromatic N) is 1. The summed E-state index contributed by atoms with van der Waals surface area (Å²) in [6, 6.07) is 16.0. The van der Waals surface area contributed by atoms with Crippen LogP contribution in [0.5, 0.6) is 0 Å². The van der Waals surface area contributed by atoms with Crippen LogP contribution in [0.1, 0.15) is 63.5 Å². The van der Waals surface area contributed by atoms with E-state index in [1.54, 1.807) is 19.1 Å². The molecule has 34 heavy (non-hydrogen) atoms. The molecule has 0 fully saturated rings. The van der Waals surface area contributed by atoms with Crippen molar-refractivity contribution in [3.05, 3.63) is 75.8 Å². The van der Waals surface area contributed by atoms with E-state index in [-0.39, 0.29) is 23.2 Å². The number of hydrogen-bond acceptors (Lipinski definition) is 4. The smallest absolute Gasteiger partial charge is 0.285 e. The van der Waals surface area contributed by atoms with E-state index in [0.717, 1.165) is 43.2 Å². The molecule has 2 aromatic rings. The van der Waals surface area contributed by atoms with Crippen molar-refractivity contribution in [3.63, 3.8) is 0 Å². The summed E-state index contributed by atoms with van der Waals surface area (Å²) in [7, 11) is -4.03. The molecular formula is C27H34BrNO4S. The Balaban J connectivity index is 2.46. The number of Topliss-reactive ketones (excluding diaryl/α,β-unsaturated/α-hetero) is 1. The zero-order valence-corrected chi connectivity index (χ0v) is 22.6. The summed E-state index contributed by atoms with van der Waals surface area (Å²) >= 11 is 3.47. The number of carbonyl (C=O) groups is 1. The highest BCUT2D eigenvalue weighted by atomic mass is 79.9. The second-order valence-corrected chi connectivity index (χ2v) is 10.6. The van der Waals surface area contributed by atoms with Gasteiger partial charge in [0.2, 0.25) is 5.90 Å². The summed E-state index contributed by atoms with van der Waals surface area (Å²) in [5, 5.41) is 0. The van der Waals surface area contributed by atoms with Crippen molar-refractivity contribution >= 4 is 37.6 Å². The van der Waals surface area contributed by atoms with E-state index in [1.165, 1.54) is 12.1 Å². The SMILES string of the molecule is CCCCCCCC(=O)/C(Br)=C(Cc1ccccc1)\C(=N\S(=O)(=O)c1ccc(C)cc1)OCC. The number of ketones is 1. The van der Waals surface area contributed by atoms with E-state index in [1.807, 2.05) is 37.3 Å². The van der Waals surface area contributed by atoms with Gasteiger partial charge in [0.05, 0.1) is 16.0 Å². The Morgan fingerprint density at radius 3 is 2.21 bits per heavy atom. The predicted octanol–water partition coefficient (Wildman–Crippen LogP) is 6.94. The van der Waals surface area contributed by atoms with Crippen LogP contribution in [-0.2, 0) is 26.0 Å². The maximum absolute atomic E-state index is 13.1. The lowest BCUT2D eigenvalue weighted by Crippen LogP contribution is -2.17. The van der Waals surface area contributed by atoms with Crippen LogP contribution < -0.4 is 0 Å². The van der Waals surface area contributed by atoms with Crippen LogP contribution in [0.15, 0.2) is 73.9 Å². The maximum atomic E-state index is 13.1. The molecule has 0 spiro atoms. The third kappa shape index (κ3) is 8.84. The van der Waals surface area contributed by atoms with Crippen molar-refractivity contribution in [1.29, 1.82) is 0 Å². The molecule has 7 heteroatoms. The first-order chi connectivity index (χ1) is 16.3. The number of carbonyl (C=O) groups excluding carboxylic acids is 1. The maximum Gasteiger partial charge on any atom is 0.285 e. The highest BCUT2D eigenvalue weighted by molar-refractivity contribution is 9.12. The molecule has 5 nitrogen and oxygen atoms in total. The number of unbranched alkanes of at least 4 members (excludes halogenated alkanes) is 4. The molecule has 0 radical (unpaired) electrons. The van der Waals surface area contributed by atoms with Gasteiger partial charge in [-0.15, -0.1) is 4.40 Å². The number of hydrogen-bond donors (Lipinski definition) is 0. The van der Waals surface area contributed by atoms with Gasteiger partial charge >= 0.3 is 0 Å². The van der Waals surface area contributed by atoms with Gasteiger partial charge < -0.3 is 4.74 Å². The number of benzene rings is 2. The molecule has 0 saturated carbocycles. The number of aryl methyl sites for hydroxylation is 1. The van der Waals surface area contributed by atoms with Crippen LogP contribution in [0.2, 0.25) is 0 Å². The van der Waals surface area contributed by atoms with E-state index in [2.05, 4.69) is 27.3 Å². The molecule has 2 aromatic carbocycles. The van der Waals surface area contributed by atoms with Crippen LogP contribution in [0.25, 0.3) is 0 Å². The van der Waals surface area contributed by atoms with Gasteiger partial charge in [0.1, 0.15) is 0 Å². The number of allylic oxidation sites excluding steroid dienone is 1. The van der Waals surface area contributed by atoms with Crippen molar-refractivity contribution < 1.29 is 17.9 Å². The van der Waals surface area contributed by atoms with Gasteiger partial charge in [-0.3, -0.25) is 4.79 Å². The van der Waals surface area contributed by atoms with Gasteiger partial charge in [0.15, 0.2) is 5.78 Å². The summed E-state index contributed by atoms with van der Waals surface area (Å²) in [4.78, 5) is 13.1. The van der Waals surface area contributed by atoms with Gasteiger partial charge in [0, 0.05) is 18.4 Å². The topological polar surface area (TPSA) is 72.8 Å². The fourth-order valence-corrected chi connectivity index (χ4v) is 4.87. The van der Waals surface area contributed by atoms with Crippen molar-refractivity contribution in [3.8, 4) is 0 Å². The lowest BCUT2D eigenvalue weighted by atomic mass is 10.0. The molecule has 0 aliphatic carbocycles. The fraction of sp³-hybridized carbons (Fsp3) is 0.407. The standard InChI is InChI=1S/C27H34BrNO4S/c1-4-6-7-8-12-15-25(30)26(28)24(20-22-13-10-9-11-14-22)27(33-5-2)29-34(31,32)23-18-16-21(3)17-19-23/h9-11,13-14,16-19H,4-8,12,15,20H2,1-3H3/b26-24+,29-27-. The molecule has 0 heterocycles. The third-order valence-corrected chi connectivity index (χ3v) is 7.50. The van der Waals surface area contributed by atoms with Crippen molar-refractivity contribution in [2.45, 2.75) is 70.6 Å². The first-order valence-electron chi connectivity index (χ1n) is 11.8. The summed E-state index contributed by atoms with van der Waals surface area (Å²) in [5.74, 6) is -0.138. The molecule has 0 saturated heterocycles. The van der Waals surface area contributed by atoms with Crippen LogP contribution in [-0.4, -0.2) is 26.7 Å². The van der Waals surface area contributed by atoms with E-state index >= 15 is 0 Å². The summed E-state index contributed by atoms with van der Waals surface area (Å²) in [6.45, 7) is 6.01. The third-order valence-electron chi connectivity index (χ3n) is 5.30. The molecular weight excluding hydrogens is 514 g/mol. The van der Waals surface area contributed by atoms with Gasteiger partial charge in [-0.2, -0.15) is 8.42 Å². The average molecular weight is 549 g/mol. The van der Waals surface area contributed by atoms with Gasteiger partial charge in [-0.05, 0) is 53.9 Å². The molecule has 0 aliphatic heterocycles. The molecule has 0 unspecified atom stereocenters. The number of ether oxygens (including phenoxy) is 1. The van der Waals surface area contributed by atoms with E-state index < -0.39 is 10.0 Å². The predicted molar refractivity (Wildman–Crippen MR) is 142 cm³/mol. The lowest BCUT2D eigenvalue weighted by Gasteiger charge is -2.15. The molecule has 0 N–H and O–H groups in total. The van der Waals surface area contributed by atoms with Gasteiger partial charge in [-0.1, -0.05) is 80.6 Å². The summed E-state index contributed by atoms with van der Waals surface area (Å²) in [6.07, 6.45) is 5.86. The molecule has 0 atom stereocenters. The minimum Gasteiger partial charge on any atom is -0.477 e. The average Bonchev–Trinajstić information content (AvgIpc) is 2.82. The van der Waals surface area contributed by atoms with E-state index in [9.17, 15) is 13.2 Å². The molecule has 184 valence electrons. The Morgan fingerprint density at radius 2 is 1.59 bits per heavy atom. The summed E-state index contributed by atoms with van der Waals surface area (Å²) in [5.41, 5.74) is 2.30. The van der Waals surface area contributed by atoms with Crippen LogP contribution >= 0.6 is 15.9 Å². The monoisotopic (exact) mass is 547 g/mol. The van der Waals surface area contributed by atoms with Crippen LogP contribution in [0.3, 0.4) is 0 Å². The largest absolute Gasteiger partial charge is 0.477 e. The highest BCUT2D eigenvalue weighted by Crippen LogP contribution is 2.25. The normalized spacial score (nSPS) is 12.9. The van der Waals surface area contributed by atoms with Gasteiger partial charge in [-0.25, -0.2) is 0 Å². The Bertz CT molecular complexity index is 1090. The number of rotatable bonds is 13. The highest BCUT2D eigenvalue weighted by Gasteiger charge is 2.23. The lowest BCUT2D eigenvalue weighted by molar-refractivity contribution is -0.115. The van der Waals surface area contributed by atoms with Gasteiger partial charge in [0.25, 0.3) is 10.0 Å². The minimum atomic E-state index is -4.03. The zero-order chi connectivity index (χ0) is 25.0. The fourth-order valence-electron chi connectivity index (χ4n) is 3.39.